The molecule has 1 saturated heterocycles. The molecule has 3 aromatic rings. The van der Waals surface area contributed by atoms with Crippen LogP contribution in [0.1, 0.15) is 25.3 Å². The number of hydrogen-bond acceptors (Lipinski definition) is 4. The van der Waals surface area contributed by atoms with Crippen molar-refractivity contribution in [1.82, 2.24) is 9.97 Å². The number of rotatable bonds is 4. The molecule has 0 amide bonds. The van der Waals surface area contributed by atoms with Crippen LogP contribution in [0.5, 0.6) is 0 Å². The third-order valence-corrected chi connectivity index (χ3v) is 4.96. The summed E-state index contributed by atoms with van der Waals surface area (Å²) < 4.78 is 0. The summed E-state index contributed by atoms with van der Waals surface area (Å²) >= 11 is 0. The molecule has 1 aliphatic heterocycles. The van der Waals surface area contributed by atoms with Gasteiger partial charge in [0.15, 0.2) is 0 Å². The molecule has 1 aromatic heterocycles. The largest absolute Gasteiger partial charge is 0.365 e. The van der Waals surface area contributed by atoms with Crippen LogP contribution >= 0.6 is 0 Å². The van der Waals surface area contributed by atoms with E-state index < -0.39 is 0 Å². The molecule has 0 unspecified atom stereocenters. The average molecular weight is 332 g/mol. The van der Waals surface area contributed by atoms with Gasteiger partial charge in [0.05, 0.1) is 5.52 Å². The standard InChI is InChI=1S/C21H24N4/c1-16-11-13-25(14-12-16)21-23-19-10-6-5-9-18(19)20(24-21)22-15-17-7-3-2-4-8-17/h2-10,16H,11-15H2,1H3,(H,22,23,24). The van der Waals surface area contributed by atoms with E-state index >= 15 is 0 Å². The van der Waals surface area contributed by atoms with E-state index in [-0.39, 0.29) is 0 Å². The van der Waals surface area contributed by atoms with E-state index in [1.165, 1.54) is 18.4 Å². The van der Waals surface area contributed by atoms with Gasteiger partial charge < -0.3 is 10.2 Å². The molecular formula is C21H24N4. The van der Waals surface area contributed by atoms with E-state index in [0.717, 1.165) is 48.2 Å². The Morgan fingerprint density at radius 3 is 2.48 bits per heavy atom. The van der Waals surface area contributed by atoms with Crippen LogP contribution in [0.15, 0.2) is 54.6 Å². The first kappa shape index (κ1) is 15.9. The molecule has 0 aliphatic carbocycles. The zero-order valence-electron chi connectivity index (χ0n) is 14.7. The van der Waals surface area contributed by atoms with Crippen molar-refractivity contribution in [2.75, 3.05) is 23.3 Å². The van der Waals surface area contributed by atoms with Gasteiger partial charge in [0.1, 0.15) is 5.82 Å². The molecule has 4 rings (SSSR count). The van der Waals surface area contributed by atoms with E-state index in [2.05, 4.69) is 53.5 Å². The molecule has 2 heterocycles. The van der Waals surface area contributed by atoms with E-state index in [9.17, 15) is 0 Å². The maximum atomic E-state index is 4.87. The summed E-state index contributed by atoms with van der Waals surface area (Å²) in [6.45, 7) is 5.17. The Labute approximate surface area is 148 Å². The van der Waals surface area contributed by atoms with Gasteiger partial charge in [-0.05, 0) is 36.5 Å². The van der Waals surface area contributed by atoms with Crippen molar-refractivity contribution >= 4 is 22.7 Å². The van der Waals surface area contributed by atoms with Gasteiger partial charge in [-0.1, -0.05) is 49.4 Å². The molecule has 2 aromatic carbocycles. The van der Waals surface area contributed by atoms with Crippen LogP contribution in [0.4, 0.5) is 11.8 Å². The number of anilines is 2. The quantitative estimate of drug-likeness (QED) is 0.765. The lowest BCUT2D eigenvalue weighted by atomic mass is 10.00. The Morgan fingerprint density at radius 2 is 1.68 bits per heavy atom. The van der Waals surface area contributed by atoms with Crippen molar-refractivity contribution in [3.8, 4) is 0 Å². The first-order chi connectivity index (χ1) is 12.3. The highest BCUT2D eigenvalue weighted by Crippen LogP contribution is 2.26. The lowest BCUT2D eigenvalue weighted by Crippen LogP contribution is -2.34. The molecular weight excluding hydrogens is 308 g/mol. The SMILES string of the molecule is CC1CCN(c2nc(NCc3ccccc3)c3ccccc3n2)CC1. The number of piperidine rings is 1. The van der Waals surface area contributed by atoms with E-state index in [4.69, 9.17) is 9.97 Å². The molecule has 0 spiro atoms. The van der Waals surface area contributed by atoms with Gasteiger partial charge in [-0.25, -0.2) is 4.98 Å². The van der Waals surface area contributed by atoms with Gasteiger partial charge in [-0.2, -0.15) is 4.98 Å². The van der Waals surface area contributed by atoms with Gasteiger partial charge in [0.2, 0.25) is 5.95 Å². The molecule has 0 atom stereocenters. The van der Waals surface area contributed by atoms with Crippen molar-refractivity contribution < 1.29 is 0 Å². The van der Waals surface area contributed by atoms with Gasteiger partial charge in [0.25, 0.3) is 0 Å². The van der Waals surface area contributed by atoms with Crippen molar-refractivity contribution in [3.63, 3.8) is 0 Å². The third kappa shape index (κ3) is 3.58. The lowest BCUT2D eigenvalue weighted by molar-refractivity contribution is 0.435. The highest BCUT2D eigenvalue weighted by molar-refractivity contribution is 5.90. The number of benzene rings is 2. The van der Waals surface area contributed by atoms with Gasteiger partial charge >= 0.3 is 0 Å². The fraction of sp³-hybridized carbons (Fsp3) is 0.333. The monoisotopic (exact) mass is 332 g/mol. The molecule has 4 nitrogen and oxygen atoms in total. The Bertz CT molecular complexity index is 839. The number of aromatic nitrogens is 2. The summed E-state index contributed by atoms with van der Waals surface area (Å²) in [7, 11) is 0. The second-order valence-electron chi connectivity index (χ2n) is 6.90. The Kier molecular flexibility index (Phi) is 4.51. The molecule has 1 N–H and O–H groups in total. The number of fused-ring (bicyclic) bond motifs is 1. The predicted molar refractivity (Wildman–Crippen MR) is 104 cm³/mol. The Hall–Kier alpha value is -2.62. The summed E-state index contributed by atoms with van der Waals surface area (Å²) in [6, 6.07) is 18.7. The first-order valence-electron chi connectivity index (χ1n) is 9.09. The van der Waals surface area contributed by atoms with Crippen LogP contribution in [0.2, 0.25) is 0 Å². The predicted octanol–water partition coefficient (Wildman–Crippen LogP) is 4.48. The lowest BCUT2D eigenvalue weighted by Gasteiger charge is -2.30. The summed E-state index contributed by atoms with van der Waals surface area (Å²) in [4.78, 5) is 12.0. The normalized spacial score (nSPS) is 15.5. The zero-order valence-corrected chi connectivity index (χ0v) is 14.7. The maximum Gasteiger partial charge on any atom is 0.227 e. The smallest absolute Gasteiger partial charge is 0.227 e. The number of hydrogen-bond donors (Lipinski definition) is 1. The summed E-state index contributed by atoms with van der Waals surface area (Å²) in [6.07, 6.45) is 2.42. The number of nitrogens with zero attached hydrogens (tertiary/aromatic N) is 3. The van der Waals surface area contributed by atoms with E-state index in [1.54, 1.807) is 0 Å². The van der Waals surface area contributed by atoms with Gasteiger partial charge in [0, 0.05) is 25.0 Å². The van der Waals surface area contributed by atoms with Crippen LogP contribution in [0, 0.1) is 5.92 Å². The van der Waals surface area contributed by atoms with Gasteiger partial charge in [-0.15, -0.1) is 0 Å². The Morgan fingerprint density at radius 1 is 0.960 bits per heavy atom. The molecule has 1 fully saturated rings. The van der Waals surface area contributed by atoms with Crippen LogP contribution in [-0.4, -0.2) is 23.1 Å². The fourth-order valence-corrected chi connectivity index (χ4v) is 3.33. The fourth-order valence-electron chi connectivity index (χ4n) is 3.33. The van der Waals surface area contributed by atoms with Crippen molar-refractivity contribution in [2.24, 2.45) is 5.92 Å². The minimum absolute atomic E-state index is 0.762. The molecule has 0 bridgehead atoms. The number of para-hydroxylation sites is 1. The van der Waals surface area contributed by atoms with Crippen molar-refractivity contribution in [2.45, 2.75) is 26.3 Å². The number of nitrogens with one attached hydrogen (secondary N) is 1. The third-order valence-electron chi connectivity index (χ3n) is 4.96. The average Bonchev–Trinajstić information content (AvgIpc) is 2.67. The minimum Gasteiger partial charge on any atom is -0.365 e. The highest BCUT2D eigenvalue weighted by Gasteiger charge is 2.19. The van der Waals surface area contributed by atoms with Crippen LogP contribution < -0.4 is 10.2 Å². The molecule has 25 heavy (non-hydrogen) atoms. The van der Waals surface area contributed by atoms with Crippen molar-refractivity contribution in [1.29, 1.82) is 0 Å². The second kappa shape index (κ2) is 7.09. The second-order valence-corrected chi connectivity index (χ2v) is 6.90. The maximum absolute atomic E-state index is 4.87. The van der Waals surface area contributed by atoms with Crippen LogP contribution in [0.25, 0.3) is 10.9 Å². The van der Waals surface area contributed by atoms with Crippen molar-refractivity contribution in [3.05, 3.63) is 60.2 Å². The van der Waals surface area contributed by atoms with Crippen LogP contribution in [-0.2, 0) is 6.54 Å². The molecule has 0 radical (unpaired) electrons. The molecule has 0 saturated carbocycles. The zero-order chi connectivity index (χ0) is 17.1. The topological polar surface area (TPSA) is 41.1 Å². The van der Waals surface area contributed by atoms with E-state index in [1.807, 2.05) is 18.2 Å². The minimum atomic E-state index is 0.762. The molecule has 4 heteroatoms. The molecule has 128 valence electrons. The Balaban J connectivity index is 1.64. The van der Waals surface area contributed by atoms with Crippen LogP contribution in [0.3, 0.4) is 0 Å². The molecule has 1 aliphatic rings. The highest BCUT2D eigenvalue weighted by atomic mass is 15.3. The van der Waals surface area contributed by atoms with E-state index in [0.29, 0.717) is 0 Å². The summed E-state index contributed by atoms with van der Waals surface area (Å²) in [5.74, 6) is 2.57. The summed E-state index contributed by atoms with van der Waals surface area (Å²) in [5, 5.41) is 4.59. The summed E-state index contributed by atoms with van der Waals surface area (Å²) in [5.41, 5.74) is 2.25. The first-order valence-corrected chi connectivity index (χ1v) is 9.09. The van der Waals surface area contributed by atoms with Gasteiger partial charge in [-0.3, -0.25) is 0 Å².